The zero-order valence-electron chi connectivity index (χ0n) is 10.6. The summed E-state index contributed by atoms with van der Waals surface area (Å²) in [5, 5.41) is 8.47. The maximum absolute atomic E-state index is 12.0. The number of hydrogen-bond acceptors (Lipinski definition) is 3. The van der Waals surface area contributed by atoms with Crippen molar-refractivity contribution in [3.8, 4) is 0 Å². The fourth-order valence-corrected chi connectivity index (χ4v) is 3.24. The first-order chi connectivity index (χ1) is 8.68. The summed E-state index contributed by atoms with van der Waals surface area (Å²) in [4.78, 5) is 24.3. The summed E-state index contributed by atoms with van der Waals surface area (Å²) in [7, 11) is 0. The standard InChI is InChI=1S/C13H21NO4/c15-12(8-18-9-13(16)17)14-7-3-5-10-4-1-2-6-11(10)14/h10-11H,1-9H2,(H,16,17)/t10-,11-/m1/s1. The minimum Gasteiger partial charge on any atom is -0.480 e. The van der Waals surface area contributed by atoms with E-state index in [1.165, 1.54) is 25.7 Å². The molecule has 0 spiro atoms. The lowest BCUT2D eigenvalue weighted by Gasteiger charge is -2.44. The van der Waals surface area contributed by atoms with Crippen LogP contribution in [0.4, 0.5) is 0 Å². The van der Waals surface area contributed by atoms with Gasteiger partial charge in [0.15, 0.2) is 0 Å². The van der Waals surface area contributed by atoms with Gasteiger partial charge in [-0.15, -0.1) is 0 Å². The second-order valence-corrected chi connectivity index (χ2v) is 5.23. The third-order valence-electron chi connectivity index (χ3n) is 4.01. The first-order valence-corrected chi connectivity index (χ1v) is 6.77. The Morgan fingerprint density at radius 2 is 1.83 bits per heavy atom. The Bertz CT molecular complexity index is 316. The summed E-state index contributed by atoms with van der Waals surface area (Å²) in [6.45, 7) is 0.305. The van der Waals surface area contributed by atoms with E-state index < -0.39 is 12.6 Å². The van der Waals surface area contributed by atoms with Crippen LogP contribution in [0.25, 0.3) is 0 Å². The molecule has 1 N–H and O–H groups in total. The van der Waals surface area contributed by atoms with Crippen LogP contribution in [0.1, 0.15) is 38.5 Å². The molecule has 1 aliphatic carbocycles. The van der Waals surface area contributed by atoms with Gasteiger partial charge in [-0.1, -0.05) is 12.8 Å². The van der Waals surface area contributed by atoms with Gasteiger partial charge in [-0.05, 0) is 31.6 Å². The predicted octanol–water partition coefficient (Wildman–Crippen LogP) is 1.27. The van der Waals surface area contributed by atoms with E-state index in [-0.39, 0.29) is 12.5 Å². The number of nitrogens with zero attached hydrogens (tertiary/aromatic N) is 1. The van der Waals surface area contributed by atoms with Gasteiger partial charge in [-0.2, -0.15) is 0 Å². The Morgan fingerprint density at radius 1 is 1.11 bits per heavy atom. The molecule has 5 heteroatoms. The molecule has 2 rings (SSSR count). The van der Waals surface area contributed by atoms with E-state index in [9.17, 15) is 9.59 Å². The van der Waals surface area contributed by atoms with Crippen LogP contribution in [0.15, 0.2) is 0 Å². The largest absolute Gasteiger partial charge is 0.480 e. The van der Waals surface area contributed by atoms with E-state index in [0.29, 0.717) is 12.0 Å². The first kappa shape index (κ1) is 13.3. The van der Waals surface area contributed by atoms with E-state index in [4.69, 9.17) is 9.84 Å². The maximum Gasteiger partial charge on any atom is 0.329 e. The van der Waals surface area contributed by atoms with Crippen molar-refractivity contribution < 1.29 is 19.4 Å². The van der Waals surface area contributed by atoms with Crippen molar-refractivity contribution in [2.45, 2.75) is 44.6 Å². The number of rotatable bonds is 4. The molecule has 102 valence electrons. The van der Waals surface area contributed by atoms with Gasteiger partial charge >= 0.3 is 5.97 Å². The molecular formula is C13H21NO4. The molecule has 0 aromatic rings. The van der Waals surface area contributed by atoms with Crippen LogP contribution in [0.5, 0.6) is 0 Å². The maximum atomic E-state index is 12.0. The molecule has 0 unspecified atom stereocenters. The van der Waals surface area contributed by atoms with E-state index in [1.54, 1.807) is 0 Å². The highest BCUT2D eigenvalue weighted by atomic mass is 16.5. The molecule has 0 bridgehead atoms. The number of ether oxygens (including phenoxy) is 1. The average Bonchev–Trinajstić information content (AvgIpc) is 2.37. The lowest BCUT2D eigenvalue weighted by molar-refractivity contribution is -0.148. The van der Waals surface area contributed by atoms with Crippen LogP contribution in [-0.4, -0.2) is 47.7 Å². The number of aliphatic carboxylic acids is 1. The highest BCUT2D eigenvalue weighted by Crippen LogP contribution is 2.35. The molecule has 2 atom stereocenters. The Balaban J connectivity index is 1.85. The van der Waals surface area contributed by atoms with E-state index in [2.05, 4.69) is 0 Å². The number of carbonyl (C=O) groups excluding carboxylic acids is 1. The average molecular weight is 255 g/mol. The second-order valence-electron chi connectivity index (χ2n) is 5.23. The number of likely N-dealkylation sites (tertiary alicyclic amines) is 1. The van der Waals surface area contributed by atoms with Crippen LogP contribution < -0.4 is 0 Å². The Hall–Kier alpha value is -1.10. The van der Waals surface area contributed by atoms with Gasteiger partial charge in [0.1, 0.15) is 13.2 Å². The number of fused-ring (bicyclic) bond motifs is 1. The SMILES string of the molecule is O=C(O)COCC(=O)N1CCC[C@H]2CCCC[C@H]21. The van der Waals surface area contributed by atoms with Crippen molar-refractivity contribution in [3.63, 3.8) is 0 Å². The highest BCUT2D eigenvalue weighted by molar-refractivity contribution is 5.78. The molecule has 18 heavy (non-hydrogen) atoms. The fraction of sp³-hybridized carbons (Fsp3) is 0.846. The van der Waals surface area contributed by atoms with Crippen molar-refractivity contribution in [1.82, 2.24) is 4.90 Å². The van der Waals surface area contributed by atoms with Gasteiger partial charge < -0.3 is 14.7 Å². The molecule has 2 aliphatic rings. The van der Waals surface area contributed by atoms with Crippen molar-refractivity contribution in [3.05, 3.63) is 0 Å². The Kier molecular flexibility index (Phi) is 4.58. The highest BCUT2D eigenvalue weighted by Gasteiger charge is 2.35. The quantitative estimate of drug-likeness (QED) is 0.821. The normalized spacial score (nSPS) is 27.7. The fourth-order valence-electron chi connectivity index (χ4n) is 3.24. The molecule has 1 heterocycles. The van der Waals surface area contributed by atoms with Crippen LogP contribution in [0.3, 0.4) is 0 Å². The minimum absolute atomic E-state index is 0.0483. The van der Waals surface area contributed by atoms with Crippen molar-refractivity contribution in [2.75, 3.05) is 19.8 Å². The summed E-state index contributed by atoms with van der Waals surface area (Å²) in [5.74, 6) is -0.430. The lowest BCUT2D eigenvalue weighted by Crippen LogP contribution is -2.50. The van der Waals surface area contributed by atoms with Crippen molar-refractivity contribution >= 4 is 11.9 Å². The van der Waals surface area contributed by atoms with Gasteiger partial charge in [0, 0.05) is 12.6 Å². The number of carbonyl (C=O) groups is 2. The molecule has 1 amide bonds. The molecule has 0 aromatic carbocycles. The first-order valence-electron chi connectivity index (χ1n) is 6.77. The second kappa shape index (κ2) is 6.18. The smallest absolute Gasteiger partial charge is 0.329 e. The molecule has 0 radical (unpaired) electrons. The number of piperidine rings is 1. The summed E-state index contributed by atoms with van der Waals surface area (Å²) in [6, 6.07) is 0.369. The topological polar surface area (TPSA) is 66.8 Å². The molecule has 1 saturated heterocycles. The zero-order valence-corrected chi connectivity index (χ0v) is 10.6. The van der Waals surface area contributed by atoms with Gasteiger partial charge in [0.05, 0.1) is 0 Å². The third kappa shape index (κ3) is 3.22. The van der Waals surface area contributed by atoms with Gasteiger partial charge in [0.25, 0.3) is 0 Å². The van der Waals surface area contributed by atoms with Crippen LogP contribution in [0.2, 0.25) is 0 Å². The van der Waals surface area contributed by atoms with Crippen molar-refractivity contribution in [2.24, 2.45) is 5.92 Å². The molecule has 2 fully saturated rings. The number of carboxylic acid groups (broad SMARTS) is 1. The van der Waals surface area contributed by atoms with Crippen molar-refractivity contribution in [1.29, 1.82) is 0 Å². The molecule has 1 aliphatic heterocycles. The van der Waals surface area contributed by atoms with E-state index in [0.717, 1.165) is 19.4 Å². The summed E-state index contributed by atoms with van der Waals surface area (Å²) in [5.41, 5.74) is 0. The van der Waals surface area contributed by atoms with Gasteiger partial charge in [-0.3, -0.25) is 4.79 Å². The molecule has 5 nitrogen and oxygen atoms in total. The lowest BCUT2D eigenvalue weighted by atomic mass is 9.78. The number of hydrogen-bond donors (Lipinski definition) is 1. The van der Waals surface area contributed by atoms with Crippen LogP contribution in [-0.2, 0) is 14.3 Å². The summed E-state index contributed by atoms with van der Waals surface area (Å²) < 4.78 is 4.90. The molecule has 1 saturated carbocycles. The van der Waals surface area contributed by atoms with Gasteiger partial charge in [-0.25, -0.2) is 4.79 Å². The zero-order chi connectivity index (χ0) is 13.0. The Labute approximate surface area is 107 Å². The summed E-state index contributed by atoms with van der Waals surface area (Å²) >= 11 is 0. The minimum atomic E-state index is -1.03. The van der Waals surface area contributed by atoms with E-state index >= 15 is 0 Å². The number of carboxylic acids is 1. The summed E-state index contributed by atoms with van der Waals surface area (Å²) in [6.07, 6.45) is 7.08. The third-order valence-corrected chi connectivity index (χ3v) is 4.01. The van der Waals surface area contributed by atoms with E-state index in [1.807, 2.05) is 4.90 Å². The monoisotopic (exact) mass is 255 g/mol. The van der Waals surface area contributed by atoms with Gasteiger partial charge in [0.2, 0.25) is 5.91 Å². The Morgan fingerprint density at radius 3 is 2.61 bits per heavy atom. The number of amides is 1. The van der Waals surface area contributed by atoms with Crippen LogP contribution >= 0.6 is 0 Å². The molecule has 0 aromatic heterocycles. The molecular weight excluding hydrogens is 234 g/mol. The van der Waals surface area contributed by atoms with Crippen LogP contribution in [0, 0.1) is 5.92 Å². The predicted molar refractivity (Wildman–Crippen MR) is 65.1 cm³/mol.